The second-order valence-electron chi connectivity index (χ2n) is 5.26. The second kappa shape index (κ2) is 8.05. The molecule has 0 aliphatic carbocycles. The molecule has 0 unspecified atom stereocenters. The standard InChI is InChI=1S/C16H20N2O3/c1-11(2)7-15(19)18-14(16(20)21-3)9-12-5-4-6-13(8-12)10-17/h4-6,8,11,14H,7,9H2,1-3H3,(H,18,19)/t14-/m0/s1. The van der Waals surface area contributed by atoms with Crippen molar-refractivity contribution >= 4 is 11.9 Å². The van der Waals surface area contributed by atoms with Gasteiger partial charge in [-0.2, -0.15) is 5.26 Å². The largest absolute Gasteiger partial charge is 0.467 e. The minimum atomic E-state index is -0.741. The van der Waals surface area contributed by atoms with Gasteiger partial charge in [0.15, 0.2) is 0 Å². The zero-order valence-corrected chi connectivity index (χ0v) is 12.6. The van der Waals surface area contributed by atoms with Gasteiger partial charge in [0, 0.05) is 12.8 Å². The number of amides is 1. The molecule has 0 heterocycles. The number of methoxy groups -OCH3 is 1. The quantitative estimate of drug-likeness (QED) is 0.810. The molecule has 21 heavy (non-hydrogen) atoms. The van der Waals surface area contributed by atoms with Crippen LogP contribution in [0.5, 0.6) is 0 Å². The molecule has 1 rings (SSSR count). The van der Waals surface area contributed by atoms with Gasteiger partial charge in [0.1, 0.15) is 6.04 Å². The Balaban J connectivity index is 2.81. The first kappa shape index (κ1) is 16.7. The van der Waals surface area contributed by atoms with Gasteiger partial charge in [-0.3, -0.25) is 4.79 Å². The minimum Gasteiger partial charge on any atom is -0.467 e. The first-order valence-corrected chi connectivity index (χ1v) is 6.82. The third-order valence-corrected chi connectivity index (χ3v) is 2.91. The zero-order valence-electron chi connectivity index (χ0n) is 12.6. The van der Waals surface area contributed by atoms with Crippen molar-refractivity contribution < 1.29 is 14.3 Å². The second-order valence-corrected chi connectivity index (χ2v) is 5.26. The molecule has 0 aromatic heterocycles. The SMILES string of the molecule is COC(=O)[C@H](Cc1cccc(C#N)c1)NC(=O)CC(C)C. The number of carbonyl (C=O) groups excluding carboxylic acids is 2. The fraction of sp³-hybridized carbons (Fsp3) is 0.438. The number of ether oxygens (including phenoxy) is 1. The average Bonchev–Trinajstić information content (AvgIpc) is 2.45. The van der Waals surface area contributed by atoms with E-state index in [4.69, 9.17) is 10.00 Å². The van der Waals surface area contributed by atoms with Crippen molar-refractivity contribution in [1.29, 1.82) is 5.26 Å². The lowest BCUT2D eigenvalue weighted by Crippen LogP contribution is -2.43. The summed E-state index contributed by atoms with van der Waals surface area (Å²) < 4.78 is 4.73. The van der Waals surface area contributed by atoms with E-state index in [1.54, 1.807) is 18.2 Å². The number of benzene rings is 1. The predicted molar refractivity (Wildman–Crippen MR) is 78.3 cm³/mol. The molecule has 5 heteroatoms. The van der Waals surface area contributed by atoms with Crippen molar-refractivity contribution in [3.63, 3.8) is 0 Å². The van der Waals surface area contributed by atoms with E-state index in [2.05, 4.69) is 5.32 Å². The molecule has 5 nitrogen and oxygen atoms in total. The van der Waals surface area contributed by atoms with Crippen LogP contribution in [0.4, 0.5) is 0 Å². The van der Waals surface area contributed by atoms with Gasteiger partial charge in [-0.1, -0.05) is 26.0 Å². The van der Waals surface area contributed by atoms with Crippen molar-refractivity contribution in [2.75, 3.05) is 7.11 Å². The van der Waals surface area contributed by atoms with Crippen LogP contribution in [0.1, 0.15) is 31.4 Å². The summed E-state index contributed by atoms with van der Waals surface area (Å²) in [6.45, 7) is 3.87. The summed E-state index contributed by atoms with van der Waals surface area (Å²) in [5, 5.41) is 11.6. The molecular weight excluding hydrogens is 268 g/mol. The van der Waals surface area contributed by atoms with E-state index in [0.29, 0.717) is 18.4 Å². The lowest BCUT2D eigenvalue weighted by atomic mass is 10.0. The van der Waals surface area contributed by atoms with Crippen LogP contribution in [0.3, 0.4) is 0 Å². The number of rotatable bonds is 6. The van der Waals surface area contributed by atoms with Gasteiger partial charge < -0.3 is 10.1 Å². The van der Waals surface area contributed by atoms with Crippen molar-refractivity contribution in [3.05, 3.63) is 35.4 Å². The molecule has 1 N–H and O–H groups in total. The van der Waals surface area contributed by atoms with Gasteiger partial charge in [-0.25, -0.2) is 4.79 Å². The summed E-state index contributed by atoms with van der Waals surface area (Å²) in [7, 11) is 1.29. The highest BCUT2D eigenvalue weighted by Crippen LogP contribution is 2.09. The number of esters is 1. The van der Waals surface area contributed by atoms with E-state index in [1.807, 2.05) is 26.0 Å². The molecule has 0 aliphatic rings. The number of nitrogens with one attached hydrogen (secondary N) is 1. The number of hydrogen-bond acceptors (Lipinski definition) is 4. The Morgan fingerprint density at radius 2 is 2.10 bits per heavy atom. The molecule has 0 saturated carbocycles. The molecule has 1 aromatic carbocycles. The predicted octanol–water partition coefficient (Wildman–Crippen LogP) is 1.80. The molecular formula is C16H20N2O3. The lowest BCUT2D eigenvalue weighted by Gasteiger charge is -2.17. The minimum absolute atomic E-state index is 0.183. The van der Waals surface area contributed by atoms with E-state index in [-0.39, 0.29) is 11.8 Å². The molecule has 0 saturated heterocycles. The molecule has 0 bridgehead atoms. The number of nitrogens with zero attached hydrogens (tertiary/aromatic N) is 1. The monoisotopic (exact) mass is 288 g/mol. The van der Waals surface area contributed by atoms with Crippen molar-refractivity contribution in [2.24, 2.45) is 5.92 Å². The Labute approximate surface area is 124 Å². The van der Waals surface area contributed by atoms with Gasteiger partial charge in [-0.05, 0) is 23.6 Å². The maximum absolute atomic E-state index is 11.8. The highest BCUT2D eigenvalue weighted by atomic mass is 16.5. The van der Waals surface area contributed by atoms with E-state index < -0.39 is 12.0 Å². The first-order valence-electron chi connectivity index (χ1n) is 6.82. The fourth-order valence-corrected chi connectivity index (χ4v) is 1.96. The Bertz CT molecular complexity index is 547. The smallest absolute Gasteiger partial charge is 0.328 e. The van der Waals surface area contributed by atoms with Crippen LogP contribution in [0.15, 0.2) is 24.3 Å². The van der Waals surface area contributed by atoms with Gasteiger partial charge in [0.25, 0.3) is 0 Å². The molecule has 1 aromatic rings. The normalized spacial score (nSPS) is 11.6. The topological polar surface area (TPSA) is 79.2 Å². The van der Waals surface area contributed by atoms with E-state index in [0.717, 1.165) is 5.56 Å². The molecule has 112 valence electrons. The third-order valence-electron chi connectivity index (χ3n) is 2.91. The number of nitriles is 1. The van der Waals surface area contributed by atoms with E-state index >= 15 is 0 Å². The lowest BCUT2D eigenvalue weighted by molar-refractivity contribution is -0.145. The molecule has 1 amide bonds. The van der Waals surface area contributed by atoms with Crippen LogP contribution in [-0.2, 0) is 20.7 Å². The Hall–Kier alpha value is -2.35. The van der Waals surface area contributed by atoms with Crippen molar-refractivity contribution in [3.8, 4) is 6.07 Å². The van der Waals surface area contributed by atoms with Gasteiger partial charge in [-0.15, -0.1) is 0 Å². The van der Waals surface area contributed by atoms with Crippen LogP contribution >= 0.6 is 0 Å². The highest BCUT2D eigenvalue weighted by Gasteiger charge is 2.22. The van der Waals surface area contributed by atoms with Crippen LogP contribution < -0.4 is 5.32 Å². The van der Waals surface area contributed by atoms with Crippen LogP contribution in [0.2, 0.25) is 0 Å². The first-order chi connectivity index (χ1) is 9.96. The summed E-state index contributed by atoms with van der Waals surface area (Å²) >= 11 is 0. The number of carbonyl (C=O) groups is 2. The van der Waals surface area contributed by atoms with Gasteiger partial charge in [0.2, 0.25) is 5.91 Å². The Kier molecular flexibility index (Phi) is 6.41. The van der Waals surface area contributed by atoms with Gasteiger partial charge in [0.05, 0.1) is 18.7 Å². The van der Waals surface area contributed by atoms with E-state index in [1.165, 1.54) is 7.11 Å². The molecule has 0 radical (unpaired) electrons. The molecule has 0 spiro atoms. The van der Waals surface area contributed by atoms with Crippen molar-refractivity contribution in [1.82, 2.24) is 5.32 Å². The van der Waals surface area contributed by atoms with Gasteiger partial charge >= 0.3 is 5.97 Å². The summed E-state index contributed by atoms with van der Waals surface area (Å²) in [4.78, 5) is 23.6. The summed E-state index contributed by atoms with van der Waals surface area (Å²) in [6.07, 6.45) is 0.651. The summed E-state index contributed by atoms with van der Waals surface area (Å²) in [5.41, 5.74) is 1.32. The number of hydrogen-bond donors (Lipinski definition) is 1. The zero-order chi connectivity index (χ0) is 15.8. The summed E-state index contributed by atoms with van der Waals surface area (Å²) in [6, 6.07) is 8.25. The summed E-state index contributed by atoms with van der Waals surface area (Å²) in [5.74, 6) is -0.462. The van der Waals surface area contributed by atoms with Crippen LogP contribution in [-0.4, -0.2) is 25.0 Å². The van der Waals surface area contributed by atoms with Crippen LogP contribution in [0, 0.1) is 17.2 Å². The molecule has 0 fully saturated rings. The van der Waals surface area contributed by atoms with E-state index in [9.17, 15) is 9.59 Å². The molecule has 0 aliphatic heterocycles. The molecule has 1 atom stereocenters. The highest BCUT2D eigenvalue weighted by molar-refractivity contribution is 5.84. The maximum Gasteiger partial charge on any atom is 0.328 e. The fourth-order valence-electron chi connectivity index (χ4n) is 1.96. The van der Waals surface area contributed by atoms with Crippen LogP contribution in [0.25, 0.3) is 0 Å². The van der Waals surface area contributed by atoms with Crippen molar-refractivity contribution in [2.45, 2.75) is 32.7 Å². The maximum atomic E-state index is 11.8. The Morgan fingerprint density at radius 3 is 2.67 bits per heavy atom. The third kappa shape index (κ3) is 5.65. The Morgan fingerprint density at radius 1 is 1.38 bits per heavy atom. The average molecular weight is 288 g/mol.